The van der Waals surface area contributed by atoms with Crippen LogP contribution in [0.5, 0.6) is 0 Å². The van der Waals surface area contributed by atoms with Crippen LogP contribution in [-0.4, -0.2) is 0 Å². The molecule has 0 fully saturated rings. The Balaban J connectivity index is 3.02. The molecule has 0 saturated heterocycles. The summed E-state index contributed by atoms with van der Waals surface area (Å²) in [6, 6.07) is 0. The van der Waals surface area contributed by atoms with Gasteiger partial charge in [0.2, 0.25) is 0 Å². The molecule has 0 amide bonds. The van der Waals surface area contributed by atoms with Crippen molar-refractivity contribution in [3.8, 4) is 6.13 Å². The first-order valence-electron chi connectivity index (χ1n) is 0.775. The van der Waals surface area contributed by atoms with Crippen LogP contribution in [-0.2, 0) is 0 Å². The summed E-state index contributed by atoms with van der Waals surface area (Å²) in [4.78, 5) is 0. The van der Waals surface area contributed by atoms with Crippen LogP contribution in [0.1, 0.15) is 0 Å². The monoisotopic (exact) mass is 76.0 g/mol. The van der Waals surface area contributed by atoms with Crippen LogP contribution < -0.4 is 11.0 Å². The first kappa shape index (κ1) is 4.00. The molecule has 0 spiro atoms. The van der Waals surface area contributed by atoms with E-state index in [1.807, 2.05) is 0 Å². The molecule has 0 aliphatic heterocycles. The summed E-state index contributed by atoms with van der Waals surface area (Å²) >= 11 is 0. The van der Waals surface area contributed by atoms with Gasteiger partial charge in [-0.15, -0.1) is 6.13 Å². The van der Waals surface area contributed by atoms with Crippen LogP contribution in [0, 0.1) is 6.13 Å². The van der Waals surface area contributed by atoms with Gasteiger partial charge in [-0.05, 0) is 0 Å². The Hall–Kier alpha value is -0.0000000000000000139. The predicted molar refractivity (Wildman–Crippen MR) is 20.2 cm³/mol. The van der Waals surface area contributed by atoms with E-state index in [-0.39, 0.29) is 0 Å². The van der Waals surface area contributed by atoms with Crippen LogP contribution in [0.25, 0.3) is 0 Å². The smallest absolute Gasteiger partial charge is 0.0244 e. The molecule has 4 N–H and O–H groups in total. The Morgan fingerprint density at radius 2 is 1.50 bits per heavy atom. The molecule has 3 heteroatoms. The largest absolute Gasteiger partial charge is 0.274 e. The van der Waals surface area contributed by atoms with Crippen molar-refractivity contribution in [2.24, 2.45) is 11.0 Å². The highest BCUT2D eigenvalue weighted by Gasteiger charge is 1.42. The molecule has 0 radical (unpaired) electrons. The quantitative estimate of drug-likeness (QED) is 0.393. The molecule has 0 saturated carbocycles. The first-order valence-corrected chi connectivity index (χ1v) is 2.32. The van der Waals surface area contributed by atoms with E-state index in [0.717, 1.165) is 0 Å². The summed E-state index contributed by atoms with van der Waals surface area (Å²) < 4.78 is 0. The highest BCUT2D eigenvalue weighted by atomic mass is 31.1. The van der Waals surface area contributed by atoms with Crippen molar-refractivity contribution in [1.29, 1.82) is 0 Å². The molecular weight excluding hydrogens is 71.0 g/mol. The fraction of sp³-hybridized carbons (Fsp3) is 0. The fourth-order valence-electron chi connectivity index (χ4n) is 0. The summed E-state index contributed by atoms with van der Waals surface area (Å²) in [6.07, 6.45) is 4.73. The topological polar surface area (TPSA) is 52.0 Å². The molecule has 0 unspecified atom stereocenters. The maximum Gasteiger partial charge on any atom is 0.0244 e. The fourth-order valence-corrected chi connectivity index (χ4v) is 0. The highest BCUT2D eigenvalue weighted by molar-refractivity contribution is 7.40. The molecule has 2 nitrogen and oxygen atoms in total. The zero-order valence-electron chi connectivity index (χ0n) is 2.18. The second-order valence-corrected chi connectivity index (χ2v) is 1.34. The summed E-state index contributed by atoms with van der Waals surface area (Å²) in [5, 5.41) is 0. The molecule has 0 atom stereocenters. The van der Waals surface area contributed by atoms with Crippen molar-refractivity contribution in [2.45, 2.75) is 0 Å². The lowest BCUT2D eigenvalue weighted by Gasteiger charge is -1.65. The molecule has 0 aromatic rings. The summed E-state index contributed by atoms with van der Waals surface area (Å²) in [7, 11) is -1.12. The third kappa shape index (κ3) is 10399999999999998972813800422506496. The normalized spacial score (nSPS) is 6.25. The molecule has 0 aliphatic rings. The van der Waals surface area contributed by atoms with Crippen molar-refractivity contribution >= 4 is 7.68 Å². The lowest BCUT2D eigenvalue weighted by atomic mass is 12.0. The Labute approximate surface area is 26.0 Å². The summed E-state index contributed by atoms with van der Waals surface area (Å²) in [6.45, 7) is 0. The Kier molecular flexibility index (Phi) is 1.33. The van der Waals surface area contributed by atoms with Gasteiger partial charge in [0.25, 0.3) is 0 Å². The van der Waals surface area contributed by atoms with E-state index in [1.54, 1.807) is 0 Å². The van der Waals surface area contributed by atoms with Gasteiger partial charge in [-0.3, -0.25) is 11.0 Å². The van der Waals surface area contributed by atoms with Crippen LogP contribution in [0.15, 0.2) is 0 Å². The first-order chi connectivity index (χ1) is 1.73. The van der Waals surface area contributed by atoms with Gasteiger partial charge in [-0.25, -0.2) is 0 Å². The van der Waals surface area contributed by atoms with Crippen LogP contribution >= 0.6 is 7.68 Å². The maximum atomic E-state index is 4.73. The van der Waals surface area contributed by atoms with E-state index in [9.17, 15) is 0 Å². The van der Waals surface area contributed by atoms with Gasteiger partial charge in [0, 0.05) is 7.68 Å². The molecular formula is CH5N2P. The molecule has 0 heterocycles. The standard InChI is InChI=1S/CH5N2P/c1-4(2)3/h1H,2-3H2. The number of nitrogens with two attached hydrogens (primary N) is 2. The number of hydrogen-bond acceptors (Lipinski definition) is 2. The Morgan fingerprint density at radius 3 is 1.50 bits per heavy atom. The van der Waals surface area contributed by atoms with E-state index < -0.39 is 7.68 Å². The van der Waals surface area contributed by atoms with Gasteiger partial charge in [0.1, 0.15) is 0 Å². The third-order valence-corrected chi connectivity index (χ3v) is 0. The van der Waals surface area contributed by atoms with E-state index in [1.165, 1.54) is 0 Å². The number of hydrogen-bond donors (Lipinski definition) is 2. The minimum atomic E-state index is -1.12. The van der Waals surface area contributed by atoms with Gasteiger partial charge >= 0.3 is 0 Å². The van der Waals surface area contributed by atoms with E-state index in [2.05, 4.69) is 0 Å². The predicted octanol–water partition coefficient (Wildman–Crippen LogP) is -0.195. The maximum absolute atomic E-state index is 4.73. The van der Waals surface area contributed by atoms with Crippen LogP contribution in [0.4, 0.5) is 0 Å². The van der Waals surface area contributed by atoms with E-state index in [4.69, 9.17) is 17.1 Å². The van der Waals surface area contributed by atoms with Gasteiger partial charge in [0.05, 0.1) is 0 Å². The third-order valence-electron chi connectivity index (χ3n) is 0. The van der Waals surface area contributed by atoms with E-state index >= 15 is 0 Å². The zero-order chi connectivity index (χ0) is 3.58. The van der Waals surface area contributed by atoms with Crippen molar-refractivity contribution in [3.05, 3.63) is 0 Å². The van der Waals surface area contributed by atoms with Gasteiger partial charge in [-0.1, -0.05) is 0 Å². The molecule has 0 rings (SSSR count). The average Bonchev–Trinajstić information content (AvgIpc) is 0.811. The van der Waals surface area contributed by atoms with Crippen molar-refractivity contribution in [3.63, 3.8) is 0 Å². The highest BCUT2D eigenvalue weighted by Crippen LogP contribution is 1.77. The molecule has 0 aromatic carbocycles. The second-order valence-electron chi connectivity index (χ2n) is 0.447. The average molecular weight is 76.0 g/mol. The van der Waals surface area contributed by atoms with Crippen LogP contribution in [0.2, 0.25) is 0 Å². The minimum Gasteiger partial charge on any atom is -0.274 e. The molecule has 4 heavy (non-hydrogen) atoms. The summed E-state index contributed by atoms with van der Waals surface area (Å²) in [5.74, 6) is 0. The minimum absolute atomic E-state index is 1.12. The number of rotatable bonds is 0. The summed E-state index contributed by atoms with van der Waals surface area (Å²) in [5.41, 5.74) is 9.46. The lowest BCUT2D eigenvalue weighted by molar-refractivity contribution is 1.86. The van der Waals surface area contributed by atoms with Gasteiger partial charge in [-0.2, -0.15) is 0 Å². The lowest BCUT2D eigenvalue weighted by Crippen LogP contribution is -1.82. The Bertz CT molecular complexity index is 52.2. The Morgan fingerprint density at radius 1 is 1.50 bits per heavy atom. The van der Waals surface area contributed by atoms with Crippen molar-refractivity contribution < 1.29 is 0 Å². The van der Waals surface area contributed by atoms with Gasteiger partial charge < -0.3 is 0 Å². The zero-order valence-corrected chi connectivity index (χ0v) is 3.07. The van der Waals surface area contributed by atoms with Crippen molar-refractivity contribution in [2.75, 3.05) is 0 Å². The molecule has 0 bridgehead atoms. The molecule has 0 aromatic heterocycles. The molecule has 0 aliphatic carbocycles. The second kappa shape index (κ2) is 1.33. The van der Waals surface area contributed by atoms with Gasteiger partial charge in [0.15, 0.2) is 0 Å². The van der Waals surface area contributed by atoms with E-state index in [0.29, 0.717) is 0 Å². The van der Waals surface area contributed by atoms with Crippen LogP contribution in [0.3, 0.4) is 0 Å². The SMILES string of the molecule is C#P(N)N. The molecule has 24 valence electrons. The van der Waals surface area contributed by atoms with Crippen molar-refractivity contribution in [1.82, 2.24) is 0 Å².